The Kier molecular flexibility index (Phi) is 4.54. The molecule has 0 unspecified atom stereocenters. The molecule has 16 heavy (non-hydrogen) atoms. The molecular formula is C10H10F2O3S. The number of ether oxygens (including phenoxy) is 1. The van der Waals surface area contributed by atoms with E-state index in [1.807, 2.05) is 0 Å². The first-order chi connectivity index (χ1) is 7.50. The van der Waals surface area contributed by atoms with E-state index in [0.29, 0.717) is 10.5 Å². The molecule has 0 atom stereocenters. The van der Waals surface area contributed by atoms with Gasteiger partial charge in [-0.05, 0) is 18.6 Å². The minimum atomic E-state index is -2.93. The van der Waals surface area contributed by atoms with Crippen LogP contribution in [0.25, 0.3) is 0 Å². The predicted molar refractivity (Wildman–Crippen MR) is 56.3 cm³/mol. The number of alkyl halides is 2. The zero-order valence-corrected chi connectivity index (χ0v) is 9.08. The van der Waals surface area contributed by atoms with Crippen LogP contribution in [0, 0.1) is 0 Å². The van der Waals surface area contributed by atoms with Crippen LogP contribution < -0.4 is 4.74 Å². The van der Waals surface area contributed by atoms with Crippen LogP contribution in [-0.2, 0) is 11.2 Å². The molecule has 0 fully saturated rings. The molecule has 0 radical (unpaired) electrons. The second-order valence-electron chi connectivity index (χ2n) is 3.03. The van der Waals surface area contributed by atoms with E-state index in [4.69, 9.17) is 5.11 Å². The van der Waals surface area contributed by atoms with Crippen molar-refractivity contribution in [2.75, 3.05) is 0 Å². The van der Waals surface area contributed by atoms with E-state index >= 15 is 0 Å². The average Bonchev–Trinajstić information content (AvgIpc) is 2.15. The number of benzene rings is 1. The number of aliphatic carboxylic acids is 1. The highest BCUT2D eigenvalue weighted by Gasteiger charge is 2.12. The van der Waals surface area contributed by atoms with Crippen LogP contribution in [0.4, 0.5) is 8.78 Å². The lowest BCUT2D eigenvalue weighted by molar-refractivity contribution is -0.136. The van der Waals surface area contributed by atoms with E-state index in [9.17, 15) is 13.6 Å². The third-order valence-corrected chi connectivity index (χ3v) is 2.33. The van der Waals surface area contributed by atoms with E-state index in [2.05, 4.69) is 17.4 Å². The maximum Gasteiger partial charge on any atom is 0.387 e. The summed E-state index contributed by atoms with van der Waals surface area (Å²) in [6.07, 6.45) is -0.0474. The molecule has 0 aliphatic rings. The Morgan fingerprint density at radius 1 is 1.50 bits per heavy atom. The predicted octanol–water partition coefficient (Wildman–Crippen LogP) is 2.59. The molecule has 0 saturated carbocycles. The van der Waals surface area contributed by atoms with Crippen molar-refractivity contribution in [3.8, 4) is 5.75 Å². The van der Waals surface area contributed by atoms with Crippen LogP contribution >= 0.6 is 12.6 Å². The lowest BCUT2D eigenvalue weighted by Crippen LogP contribution is -2.06. The lowest BCUT2D eigenvalue weighted by Gasteiger charge is -2.11. The van der Waals surface area contributed by atoms with E-state index in [1.165, 1.54) is 12.1 Å². The first kappa shape index (κ1) is 12.8. The zero-order valence-electron chi connectivity index (χ0n) is 8.19. The molecule has 88 valence electrons. The Labute approximate surface area is 96.4 Å². The van der Waals surface area contributed by atoms with Gasteiger partial charge in [0, 0.05) is 16.9 Å². The summed E-state index contributed by atoms with van der Waals surface area (Å²) in [4.78, 5) is 10.8. The summed E-state index contributed by atoms with van der Waals surface area (Å²) in [5.74, 6) is -1.02. The Bertz CT molecular complexity index is 382. The lowest BCUT2D eigenvalue weighted by atomic mass is 10.1. The normalized spacial score (nSPS) is 10.5. The van der Waals surface area contributed by atoms with Crippen molar-refractivity contribution < 1.29 is 23.4 Å². The number of carboxylic acid groups (broad SMARTS) is 1. The van der Waals surface area contributed by atoms with Gasteiger partial charge in [-0.1, -0.05) is 6.07 Å². The fraction of sp³-hybridized carbons (Fsp3) is 0.300. The average molecular weight is 248 g/mol. The molecule has 0 spiro atoms. The van der Waals surface area contributed by atoms with Crippen molar-refractivity contribution in [3.05, 3.63) is 23.8 Å². The summed E-state index contributed by atoms with van der Waals surface area (Å²) < 4.78 is 28.4. The van der Waals surface area contributed by atoms with Crippen molar-refractivity contribution >= 4 is 18.6 Å². The van der Waals surface area contributed by atoms with Gasteiger partial charge < -0.3 is 9.84 Å². The van der Waals surface area contributed by atoms with Gasteiger partial charge in [-0.25, -0.2) is 0 Å². The number of hydrogen-bond acceptors (Lipinski definition) is 3. The molecule has 0 heterocycles. The Hall–Kier alpha value is -1.30. The number of carbonyl (C=O) groups is 1. The highest BCUT2D eigenvalue weighted by Crippen LogP contribution is 2.27. The summed E-state index contributed by atoms with van der Waals surface area (Å²) in [5.41, 5.74) is 0.383. The largest absolute Gasteiger partial charge is 0.481 e. The molecule has 0 saturated heterocycles. The summed E-state index contributed by atoms with van der Waals surface area (Å²) in [6.45, 7) is -2.93. The summed E-state index contributed by atoms with van der Waals surface area (Å²) in [7, 11) is 0. The second-order valence-corrected chi connectivity index (χ2v) is 3.51. The maximum atomic E-state index is 12.1. The van der Waals surface area contributed by atoms with Gasteiger partial charge in [-0.2, -0.15) is 8.78 Å². The minimum absolute atomic E-state index is 0.0243. The van der Waals surface area contributed by atoms with Gasteiger partial charge >= 0.3 is 12.6 Å². The van der Waals surface area contributed by atoms with Gasteiger partial charge in [0.15, 0.2) is 0 Å². The first-order valence-corrected chi connectivity index (χ1v) is 4.93. The fourth-order valence-electron chi connectivity index (χ4n) is 1.24. The fourth-order valence-corrected chi connectivity index (χ4v) is 1.55. The molecule has 3 nitrogen and oxygen atoms in total. The third-order valence-electron chi connectivity index (χ3n) is 1.91. The molecule has 0 amide bonds. The van der Waals surface area contributed by atoms with E-state index in [0.717, 1.165) is 0 Å². The maximum absolute atomic E-state index is 12.1. The van der Waals surface area contributed by atoms with Crippen LogP contribution in [0.5, 0.6) is 5.75 Å². The van der Waals surface area contributed by atoms with Crippen LogP contribution in [0.3, 0.4) is 0 Å². The van der Waals surface area contributed by atoms with Gasteiger partial charge in [0.2, 0.25) is 0 Å². The number of thiol groups is 1. The molecule has 1 aromatic rings. The Balaban J connectivity index is 2.89. The Morgan fingerprint density at radius 2 is 2.19 bits per heavy atom. The molecule has 1 aromatic carbocycles. The first-order valence-electron chi connectivity index (χ1n) is 4.48. The second kappa shape index (κ2) is 5.69. The van der Waals surface area contributed by atoms with Crippen molar-refractivity contribution in [2.24, 2.45) is 0 Å². The molecule has 0 aliphatic carbocycles. The number of carboxylic acids is 1. The smallest absolute Gasteiger partial charge is 0.387 e. The molecule has 0 aromatic heterocycles. The number of hydrogen-bond donors (Lipinski definition) is 2. The monoisotopic (exact) mass is 248 g/mol. The van der Waals surface area contributed by atoms with E-state index in [-0.39, 0.29) is 18.6 Å². The Morgan fingerprint density at radius 3 is 2.75 bits per heavy atom. The molecule has 6 heteroatoms. The topological polar surface area (TPSA) is 46.5 Å². The van der Waals surface area contributed by atoms with Crippen molar-refractivity contribution in [2.45, 2.75) is 24.3 Å². The van der Waals surface area contributed by atoms with Gasteiger partial charge in [0.25, 0.3) is 0 Å². The summed E-state index contributed by atoms with van der Waals surface area (Å²) in [6, 6.07) is 4.48. The molecular weight excluding hydrogens is 238 g/mol. The van der Waals surface area contributed by atoms with Crippen LogP contribution in [0.15, 0.2) is 23.1 Å². The summed E-state index contributed by atoms with van der Waals surface area (Å²) >= 11 is 4.07. The molecule has 0 bridgehead atoms. The van der Waals surface area contributed by atoms with Gasteiger partial charge in [0.05, 0.1) is 0 Å². The molecule has 0 aliphatic heterocycles. The number of halogens is 2. The number of rotatable bonds is 5. The van der Waals surface area contributed by atoms with Crippen LogP contribution in [-0.4, -0.2) is 17.7 Å². The van der Waals surface area contributed by atoms with E-state index < -0.39 is 12.6 Å². The molecule has 1 N–H and O–H groups in total. The van der Waals surface area contributed by atoms with Gasteiger partial charge in [-0.15, -0.1) is 12.6 Å². The van der Waals surface area contributed by atoms with Crippen molar-refractivity contribution in [1.82, 2.24) is 0 Å². The standard InChI is InChI=1S/C10H10F2O3S/c11-10(12)15-7-2-1-3-8(16)6(7)4-5-9(13)14/h1-3,10,16H,4-5H2,(H,13,14). The quantitative estimate of drug-likeness (QED) is 0.787. The third kappa shape index (κ3) is 3.69. The van der Waals surface area contributed by atoms with Crippen molar-refractivity contribution in [3.63, 3.8) is 0 Å². The van der Waals surface area contributed by atoms with Crippen LogP contribution in [0.2, 0.25) is 0 Å². The highest BCUT2D eigenvalue weighted by atomic mass is 32.1. The zero-order chi connectivity index (χ0) is 12.1. The SMILES string of the molecule is O=C(O)CCc1c(S)cccc1OC(F)F. The minimum Gasteiger partial charge on any atom is -0.481 e. The van der Waals surface area contributed by atoms with Crippen LogP contribution in [0.1, 0.15) is 12.0 Å². The highest BCUT2D eigenvalue weighted by molar-refractivity contribution is 7.80. The summed E-state index contributed by atoms with van der Waals surface area (Å²) in [5, 5.41) is 8.52. The molecule has 1 rings (SSSR count). The van der Waals surface area contributed by atoms with E-state index in [1.54, 1.807) is 6.07 Å². The van der Waals surface area contributed by atoms with Gasteiger partial charge in [-0.3, -0.25) is 4.79 Å². The van der Waals surface area contributed by atoms with Crippen molar-refractivity contribution in [1.29, 1.82) is 0 Å². The van der Waals surface area contributed by atoms with Gasteiger partial charge in [0.1, 0.15) is 5.75 Å².